The van der Waals surface area contributed by atoms with Crippen LogP contribution in [-0.4, -0.2) is 34.5 Å². The molecule has 2 bridgehead atoms. The number of nitrogens with zero attached hydrogens (tertiary/aromatic N) is 1. The zero-order chi connectivity index (χ0) is 15.5. The molecule has 0 aromatic rings. The fourth-order valence-electron chi connectivity index (χ4n) is 5.21. The van der Waals surface area contributed by atoms with Gasteiger partial charge in [0.15, 0.2) is 0 Å². The van der Waals surface area contributed by atoms with Crippen molar-refractivity contribution in [3.63, 3.8) is 0 Å². The normalized spacial score (nSPS) is 36.1. The van der Waals surface area contributed by atoms with Gasteiger partial charge in [0.1, 0.15) is 0 Å². The third-order valence-electron chi connectivity index (χ3n) is 5.99. The van der Waals surface area contributed by atoms with Crippen LogP contribution >= 0.6 is 0 Å². The molecule has 0 radical (unpaired) electrons. The van der Waals surface area contributed by atoms with Crippen LogP contribution in [0.3, 0.4) is 0 Å². The zero-order valence-corrected chi connectivity index (χ0v) is 13.4. The number of carboxylic acid groups (broad SMARTS) is 1. The maximum absolute atomic E-state index is 12.7. The molecule has 3 fully saturated rings. The Morgan fingerprint density at radius 1 is 1.19 bits per heavy atom. The van der Waals surface area contributed by atoms with Crippen LogP contribution in [0.4, 0.5) is 0 Å². The monoisotopic (exact) mass is 293 g/mol. The first kappa shape index (κ1) is 14.9. The predicted molar refractivity (Wildman–Crippen MR) is 79.8 cm³/mol. The Labute approximate surface area is 126 Å². The maximum Gasteiger partial charge on any atom is 0.310 e. The van der Waals surface area contributed by atoms with E-state index >= 15 is 0 Å². The van der Waals surface area contributed by atoms with Crippen molar-refractivity contribution in [2.45, 2.75) is 71.8 Å². The summed E-state index contributed by atoms with van der Waals surface area (Å²) in [6.45, 7) is 7.67. The van der Waals surface area contributed by atoms with E-state index in [1.54, 1.807) is 0 Å². The third-order valence-corrected chi connectivity index (χ3v) is 5.99. The lowest BCUT2D eigenvalue weighted by molar-refractivity contribution is -0.159. The Kier molecular flexibility index (Phi) is 3.16. The first-order chi connectivity index (χ1) is 9.65. The molecule has 4 heteroatoms. The average molecular weight is 293 g/mol. The Balaban J connectivity index is 1.73. The molecule has 2 saturated carbocycles. The van der Waals surface area contributed by atoms with Crippen molar-refractivity contribution in [1.29, 1.82) is 0 Å². The van der Waals surface area contributed by atoms with Gasteiger partial charge in [-0.2, -0.15) is 0 Å². The summed E-state index contributed by atoms with van der Waals surface area (Å²) in [5.74, 6) is -0.709. The standard InChI is InChI=1S/C17H27NO3/c1-15(2)7-12-8-16(3,10-15)11-18(12)13(19)9-17(14(20)21)5-4-6-17/h12H,4-11H2,1-3H3,(H,20,21). The fourth-order valence-corrected chi connectivity index (χ4v) is 5.21. The number of aliphatic carboxylic acids is 1. The number of carboxylic acids is 1. The molecule has 2 unspecified atom stereocenters. The lowest BCUT2D eigenvalue weighted by Crippen LogP contribution is -2.45. The molecule has 118 valence electrons. The van der Waals surface area contributed by atoms with Gasteiger partial charge in [-0.05, 0) is 42.9 Å². The van der Waals surface area contributed by atoms with Crippen LogP contribution in [0, 0.1) is 16.2 Å². The van der Waals surface area contributed by atoms with Gasteiger partial charge in [-0.25, -0.2) is 0 Å². The summed E-state index contributed by atoms with van der Waals surface area (Å²) in [6.07, 6.45) is 5.76. The van der Waals surface area contributed by atoms with E-state index in [1.807, 2.05) is 4.90 Å². The second kappa shape index (κ2) is 4.47. The molecule has 0 aromatic carbocycles. The predicted octanol–water partition coefficient (Wildman–Crippen LogP) is 3.06. The van der Waals surface area contributed by atoms with Crippen LogP contribution in [-0.2, 0) is 9.59 Å². The molecule has 3 aliphatic rings. The number of likely N-dealkylation sites (tertiary alicyclic amines) is 1. The van der Waals surface area contributed by atoms with Gasteiger partial charge in [0, 0.05) is 19.0 Å². The Morgan fingerprint density at radius 2 is 1.86 bits per heavy atom. The first-order valence-electron chi connectivity index (χ1n) is 8.18. The highest BCUT2D eigenvalue weighted by molar-refractivity contribution is 5.86. The quantitative estimate of drug-likeness (QED) is 0.870. The lowest BCUT2D eigenvalue weighted by atomic mass is 9.65. The van der Waals surface area contributed by atoms with E-state index in [0.29, 0.717) is 18.9 Å². The van der Waals surface area contributed by atoms with E-state index in [-0.39, 0.29) is 23.2 Å². The van der Waals surface area contributed by atoms with Gasteiger partial charge in [0.05, 0.1) is 5.41 Å². The largest absolute Gasteiger partial charge is 0.481 e. The Morgan fingerprint density at radius 3 is 2.38 bits per heavy atom. The highest BCUT2D eigenvalue weighted by atomic mass is 16.4. The topological polar surface area (TPSA) is 57.6 Å². The molecule has 2 aliphatic carbocycles. The fraction of sp³-hybridized carbons (Fsp3) is 0.882. The number of carbonyl (C=O) groups is 2. The van der Waals surface area contributed by atoms with E-state index in [2.05, 4.69) is 20.8 Å². The van der Waals surface area contributed by atoms with Crippen molar-refractivity contribution in [1.82, 2.24) is 4.90 Å². The molecule has 0 spiro atoms. The number of fused-ring (bicyclic) bond motifs is 2. The van der Waals surface area contributed by atoms with Gasteiger partial charge in [-0.1, -0.05) is 27.2 Å². The maximum atomic E-state index is 12.7. The minimum Gasteiger partial charge on any atom is -0.481 e. The van der Waals surface area contributed by atoms with Gasteiger partial charge < -0.3 is 10.0 Å². The minimum atomic E-state index is -0.782. The third kappa shape index (κ3) is 2.47. The van der Waals surface area contributed by atoms with Crippen LogP contribution in [0.1, 0.15) is 65.7 Å². The second-order valence-electron chi connectivity index (χ2n) is 8.85. The van der Waals surface area contributed by atoms with Crippen LogP contribution in [0.25, 0.3) is 0 Å². The number of hydrogen-bond acceptors (Lipinski definition) is 2. The van der Waals surface area contributed by atoms with Crippen molar-refractivity contribution in [3.05, 3.63) is 0 Å². The molecule has 1 heterocycles. The van der Waals surface area contributed by atoms with E-state index in [9.17, 15) is 14.7 Å². The minimum absolute atomic E-state index is 0.0727. The molecule has 1 amide bonds. The molecule has 21 heavy (non-hydrogen) atoms. The average Bonchev–Trinajstić information content (AvgIpc) is 2.52. The highest BCUT2D eigenvalue weighted by Crippen LogP contribution is 2.53. The van der Waals surface area contributed by atoms with Gasteiger partial charge in [-0.3, -0.25) is 9.59 Å². The van der Waals surface area contributed by atoms with E-state index < -0.39 is 11.4 Å². The van der Waals surface area contributed by atoms with Crippen molar-refractivity contribution in [3.8, 4) is 0 Å². The summed E-state index contributed by atoms with van der Waals surface area (Å²) in [7, 11) is 0. The van der Waals surface area contributed by atoms with Gasteiger partial charge in [0.25, 0.3) is 0 Å². The summed E-state index contributed by atoms with van der Waals surface area (Å²) >= 11 is 0. The summed E-state index contributed by atoms with van der Waals surface area (Å²) in [5, 5.41) is 9.43. The molecule has 2 atom stereocenters. The molecular weight excluding hydrogens is 266 g/mol. The van der Waals surface area contributed by atoms with Gasteiger partial charge >= 0.3 is 5.97 Å². The number of amides is 1. The summed E-state index contributed by atoms with van der Waals surface area (Å²) < 4.78 is 0. The smallest absolute Gasteiger partial charge is 0.310 e. The van der Waals surface area contributed by atoms with Crippen LogP contribution in [0.15, 0.2) is 0 Å². The van der Waals surface area contributed by atoms with E-state index in [4.69, 9.17) is 0 Å². The zero-order valence-electron chi connectivity index (χ0n) is 13.4. The number of carbonyl (C=O) groups excluding carboxylic acids is 1. The molecule has 1 saturated heterocycles. The molecule has 4 nitrogen and oxygen atoms in total. The summed E-state index contributed by atoms with van der Waals surface area (Å²) in [4.78, 5) is 26.2. The first-order valence-corrected chi connectivity index (χ1v) is 8.18. The second-order valence-corrected chi connectivity index (χ2v) is 8.85. The van der Waals surface area contributed by atoms with Crippen LogP contribution in [0.5, 0.6) is 0 Å². The van der Waals surface area contributed by atoms with E-state index in [1.165, 1.54) is 0 Å². The van der Waals surface area contributed by atoms with E-state index in [0.717, 1.165) is 32.2 Å². The molecule has 1 aliphatic heterocycles. The lowest BCUT2D eigenvalue weighted by Gasteiger charge is -2.40. The Hall–Kier alpha value is -1.06. The van der Waals surface area contributed by atoms with Crippen molar-refractivity contribution in [2.24, 2.45) is 16.2 Å². The van der Waals surface area contributed by atoms with Crippen molar-refractivity contribution in [2.75, 3.05) is 6.54 Å². The van der Waals surface area contributed by atoms with Crippen LogP contribution in [0.2, 0.25) is 0 Å². The van der Waals surface area contributed by atoms with Crippen LogP contribution < -0.4 is 0 Å². The molecule has 3 rings (SSSR count). The number of rotatable bonds is 3. The molecule has 1 N–H and O–H groups in total. The van der Waals surface area contributed by atoms with Crippen molar-refractivity contribution < 1.29 is 14.7 Å². The molecule has 0 aromatic heterocycles. The summed E-state index contributed by atoms with van der Waals surface area (Å²) in [6, 6.07) is 0.317. The molecular formula is C17H27NO3. The summed E-state index contributed by atoms with van der Waals surface area (Å²) in [5.41, 5.74) is -0.254. The number of hydrogen-bond donors (Lipinski definition) is 1. The van der Waals surface area contributed by atoms with Gasteiger partial charge in [-0.15, -0.1) is 0 Å². The Bertz CT molecular complexity index is 480. The van der Waals surface area contributed by atoms with Crippen molar-refractivity contribution >= 4 is 11.9 Å². The highest BCUT2D eigenvalue weighted by Gasteiger charge is 2.53. The van der Waals surface area contributed by atoms with Gasteiger partial charge in [0.2, 0.25) is 5.91 Å². The SMILES string of the molecule is CC1(C)CC2CC(C)(CN2C(=O)CC2(C(=O)O)CCC2)C1.